The second kappa shape index (κ2) is 10.3. The van der Waals surface area contributed by atoms with E-state index >= 15 is 0 Å². The van der Waals surface area contributed by atoms with Gasteiger partial charge in [0.1, 0.15) is 0 Å². The zero-order valence-electron chi connectivity index (χ0n) is 19.8. The summed E-state index contributed by atoms with van der Waals surface area (Å²) in [5.41, 5.74) is 4.96. The molecule has 1 aliphatic rings. The summed E-state index contributed by atoms with van der Waals surface area (Å²) >= 11 is 0. The number of nitrogens with zero attached hydrogens (tertiary/aromatic N) is 1. The summed E-state index contributed by atoms with van der Waals surface area (Å²) < 4.78 is 0. The Morgan fingerprint density at radius 2 is 1.27 bits per heavy atom. The first-order valence-corrected chi connectivity index (χ1v) is 12.0. The average molecular weight is 440 g/mol. The molecule has 0 radical (unpaired) electrons. The summed E-state index contributed by atoms with van der Waals surface area (Å²) in [7, 11) is 0. The van der Waals surface area contributed by atoms with E-state index in [0.717, 1.165) is 29.7 Å². The van der Waals surface area contributed by atoms with Crippen molar-refractivity contribution >= 4 is 11.6 Å². The van der Waals surface area contributed by atoms with E-state index in [4.69, 9.17) is 0 Å². The molecule has 33 heavy (non-hydrogen) atoms. The molecule has 0 unspecified atom stereocenters. The van der Waals surface area contributed by atoms with Gasteiger partial charge in [-0.3, -0.25) is 9.59 Å². The van der Waals surface area contributed by atoms with Crippen LogP contribution < -0.4 is 0 Å². The summed E-state index contributed by atoms with van der Waals surface area (Å²) in [6.07, 6.45) is 0.993. The molecule has 0 aliphatic carbocycles. The van der Waals surface area contributed by atoms with Gasteiger partial charge < -0.3 is 4.90 Å². The van der Waals surface area contributed by atoms with E-state index < -0.39 is 0 Å². The minimum absolute atomic E-state index is 0.133. The van der Waals surface area contributed by atoms with Crippen molar-refractivity contribution in [2.45, 2.75) is 33.1 Å². The van der Waals surface area contributed by atoms with Crippen LogP contribution in [0.2, 0.25) is 0 Å². The zero-order valence-corrected chi connectivity index (χ0v) is 19.8. The summed E-state index contributed by atoms with van der Waals surface area (Å²) in [5, 5.41) is 0. The van der Waals surface area contributed by atoms with Crippen molar-refractivity contribution in [1.82, 2.24) is 4.90 Å². The third-order valence-electron chi connectivity index (χ3n) is 7.11. The van der Waals surface area contributed by atoms with Crippen LogP contribution >= 0.6 is 0 Å². The van der Waals surface area contributed by atoms with E-state index in [-0.39, 0.29) is 29.3 Å². The topological polar surface area (TPSA) is 37.4 Å². The maximum absolute atomic E-state index is 13.9. The molecule has 0 N–H and O–H groups in total. The van der Waals surface area contributed by atoms with E-state index in [9.17, 15) is 9.59 Å². The molecule has 1 saturated heterocycles. The Kier molecular flexibility index (Phi) is 7.20. The normalized spacial score (nSPS) is 19.4. The Balaban J connectivity index is 1.85. The van der Waals surface area contributed by atoms with Crippen molar-refractivity contribution in [3.8, 4) is 0 Å². The molecule has 1 heterocycles. The van der Waals surface area contributed by atoms with Crippen LogP contribution in [0.15, 0.2) is 78.9 Å². The van der Waals surface area contributed by atoms with Crippen molar-refractivity contribution in [1.29, 1.82) is 0 Å². The predicted octanol–water partition coefficient (Wildman–Crippen LogP) is 6.11. The van der Waals surface area contributed by atoms with Crippen LogP contribution in [0.25, 0.3) is 0 Å². The molecule has 170 valence electrons. The monoisotopic (exact) mass is 439 g/mol. The fourth-order valence-electron chi connectivity index (χ4n) is 5.33. The Bertz CT molecular complexity index is 1050. The highest BCUT2D eigenvalue weighted by Gasteiger charge is 2.45. The Labute approximate surface area is 197 Å². The van der Waals surface area contributed by atoms with Crippen molar-refractivity contribution in [3.05, 3.63) is 107 Å². The summed E-state index contributed by atoms with van der Waals surface area (Å²) in [6.45, 7) is 8.62. The lowest BCUT2D eigenvalue weighted by atomic mass is 9.67. The predicted molar refractivity (Wildman–Crippen MR) is 134 cm³/mol. The van der Waals surface area contributed by atoms with Crippen LogP contribution in [0.1, 0.15) is 56.7 Å². The molecular weight excluding hydrogens is 406 g/mol. The van der Waals surface area contributed by atoms with Gasteiger partial charge in [-0.05, 0) is 43.5 Å². The number of likely N-dealkylation sites (tertiary alicyclic amines) is 1. The van der Waals surface area contributed by atoms with Crippen molar-refractivity contribution < 1.29 is 9.59 Å². The molecule has 0 amide bonds. The Hall–Kier alpha value is -3.04. The molecule has 3 aromatic rings. The Morgan fingerprint density at radius 3 is 1.76 bits per heavy atom. The van der Waals surface area contributed by atoms with Gasteiger partial charge in [0.2, 0.25) is 0 Å². The largest absolute Gasteiger partial charge is 0.302 e. The first kappa shape index (κ1) is 23.1. The van der Waals surface area contributed by atoms with Gasteiger partial charge in [0.05, 0.1) is 0 Å². The van der Waals surface area contributed by atoms with E-state index in [1.165, 1.54) is 11.1 Å². The fraction of sp³-hybridized carbons (Fsp3) is 0.333. The molecule has 3 aromatic carbocycles. The molecular formula is C30H33NO2. The SMILES string of the molecule is CCCN1C[C@H](C(=O)c2ccccc2)C(c2cccc(C)c2C)[C@@H](C(=O)c2ccccc2)C1. The van der Waals surface area contributed by atoms with Crippen LogP contribution in [0.4, 0.5) is 0 Å². The summed E-state index contributed by atoms with van der Waals surface area (Å²) in [6, 6.07) is 25.4. The third-order valence-corrected chi connectivity index (χ3v) is 7.11. The lowest BCUT2D eigenvalue weighted by molar-refractivity contribution is 0.0572. The number of aryl methyl sites for hydroxylation is 1. The van der Waals surface area contributed by atoms with E-state index in [1.54, 1.807) is 0 Å². The molecule has 0 spiro atoms. The first-order valence-electron chi connectivity index (χ1n) is 12.0. The van der Waals surface area contributed by atoms with Crippen LogP contribution in [0, 0.1) is 25.7 Å². The standard InChI is InChI=1S/C30H33NO2/c1-4-18-31-19-26(29(32)23-13-7-5-8-14-23)28(25-17-11-12-21(2)22(25)3)27(20-31)30(33)24-15-9-6-10-16-24/h5-17,26-28H,4,18-20H2,1-3H3/t26-,27-/m0/s1. The zero-order chi connectivity index (χ0) is 23.4. The van der Waals surface area contributed by atoms with Crippen molar-refractivity contribution in [2.24, 2.45) is 11.8 Å². The quantitative estimate of drug-likeness (QED) is 0.417. The molecule has 1 aliphatic heterocycles. The molecule has 0 aromatic heterocycles. The van der Waals surface area contributed by atoms with Crippen LogP contribution in [-0.2, 0) is 0 Å². The van der Waals surface area contributed by atoms with Gasteiger partial charge in [-0.1, -0.05) is 85.8 Å². The highest BCUT2D eigenvalue weighted by atomic mass is 16.1. The number of ketones is 2. The van der Waals surface area contributed by atoms with Crippen LogP contribution in [0.5, 0.6) is 0 Å². The lowest BCUT2D eigenvalue weighted by Crippen LogP contribution is -2.50. The highest BCUT2D eigenvalue weighted by Crippen LogP contribution is 2.42. The first-order chi connectivity index (χ1) is 16.0. The minimum atomic E-state index is -0.272. The maximum Gasteiger partial charge on any atom is 0.167 e. The van der Waals surface area contributed by atoms with Crippen molar-refractivity contribution in [3.63, 3.8) is 0 Å². The van der Waals surface area contributed by atoms with Gasteiger partial charge in [0.25, 0.3) is 0 Å². The smallest absolute Gasteiger partial charge is 0.167 e. The minimum Gasteiger partial charge on any atom is -0.302 e. The number of hydrogen-bond acceptors (Lipinski definition) is 3. The van der Waals surface area contributed by atoms with Gasteiger partial charge in [-0.2, -0.15) is 0 Å². The molecule has 3 nitrogen and oxygen atoms in total. The van der Waals surface area contributed by atoms with E-state index in [0.29, 0.717) is 13.1 Å². The number of carbonyl (C=O) groups is 2. The average Bonchev–Trinajstić information content (AvgIpc) is 2.86. The van der Waals surface area contributed by atoms with Gasteiger partial charge in [-0.25, -0.2) is 0 Å². The molecule has 2 atom stereocenters. The number of hydrogen-bond donors (Lipinski definition) is 0. The highest BCUT2D eigenvalue weighted by molar-refractivity contribution is 6.02. The second-order valence-electron chi connectivity index (χ2n) is 9.25. The second-order valence-corrected chi connectivity index (χ2v) is 9.25. The van der Waals surface area contributed by atoms with Gasteiger partial charge in [0.15, 0.2) is 11.6 Å². The molecule has 1 fully saturated rings. The maximum atomic E-state index is 13.9. The molecule has 0 saturated carbocycles. The van der Waals surface area contributed by atoms with Gasteiger partial charge in [0, 0.05) is 42.0 Å². The van der Waals surface area contributed by atoms with Crippen LogP contribution in [0.3, 0.4) is 0 Å². The third kappa shape index (κ3) is 4.84. The van der Waals surface area contributed by atoms with Gasteiger partial charge in [-0.15, -0.1) is 0 Å². The summed E-state index contributed by atoms with van der Waals surface area (Å²) in [4.78, 5) is 30.1. The lowest BCUT2D eigenvalue weighted by Gasteiger charge is -2.43. The number of piperidine rings is 1. The number of rotatable bonds is 7. The van der Waals surface area contributed by atoms with E-state index in [2.05, 4.69) is 43.9 Å². The fourth-order valence-corrected chi connectivity index (χ4v) is 5.33. The number of benzene rings is 3. The molecule has 0 bridgehead atoms. The molecule has 3 heteroatoms. The van der Waals surface area contributed by atoms with Gasteiger partial charge >= 0.3 is 0 Å². The van der Waals surface area contributed by atoms with Crippen molar-refractivity contribution in [2.75, 3.05) is 19.6 Å². The number of Topliss-reactive ketones (excluding diaryl/α,β-unsaturated/α-hetero) is 2. The summed E-state index contributed by atoms with van der Waals surface area (Å²) in [5.74, 6) is -0.434. The van der Waals surface area contributed by atoms with E-state index in [1.807, 2.05) is 60.7 Å². The van der Waals surface area contributed by atoms with Crippen LogP contribution in [-0.4, -0.2) is 36.1 Å². The molecule has 4 rings (SSSR count). The Morgan fingerprint density at radius 1 is 0.758 bits per heavy atom. The number of carbonyl (C=O) groups excluding carboxylic acids is 2.